The number of methoxy groups -OCH3 is 1. The van der Waals surface area contributed by atoms with Gasteiger partial charge in [-0.2, -0.15) is 0 Å². The van der Waals surface area contributed by atoms with Crippen molar-refractivity contribution >= 4 is 28.4 Å². The van der Waals surface area contributed by atoms with Gasteiger partial charge in [0.1, 0.15) is 35.6 Å². The number of rotatable bonds is 10. The van der Waals surface area contributed by atoms with E-state index >= 15 is 0 Å². The number of Topliss-reactive ketones (excluding diaryl/α,β-unsaturated/α-hetero) is 1. The summed E-state index contributed by atoms with van der Waals surface area (Å²) in [4.78, 5) is 48.2. The molecule has 1 aromatic carbocycles. The minimum absolute atomic E-state index is 0.0712. The first-order valence-corrected chi connectivity index (χ1v) is 14.6. The van der Waals surface area contributed by atoms with Crippen molar-refractivity contribution in [2.75, 3.05) is 25.6 Å². The van der Waals surface area contributed by atoms with Crippen LogP contribution in [0.3, 0.4) is 0 Å². The molecule has 45 heavy (non-hydrogen) atoms. The Bertz CT molecular complexity index is 1790. The summed E-state index contributed by atoms with van der Waals surface area (Å²) in [5.74, 6) is 1.03. The second kappa shape index (κ2) is 13.0. The van der Waals surface area contributed by atoms with Gasteiger partial charge in [-0.05, 0) is 48.6 Å². The van der Waals surface area contributed by atoms with E-state index in [0.29, 0.717) is 71.0 Å². The van der Waals surface area contributed by atoms with Crippen LogP contribution in [-0.2, 0) is 13.0 Å². The number of aliphatic hydroxyl groups excluding tert-OH is 2. The maximum Gasteiger partial charge on any atom is 0.263 e. The maximum atomic E-state index is 13.5. The third-order valence-corrected chi connectivity index (χ3v) is 7.23. The van der Waals surface area contributed by atoms with Crippen molar-refractivity contribution in [1.29, 1.82) is 0 Å². The summed E-state index contributed by atoms with van der Waals surface area (Å²) >= 11 is 0. The molecule has 236 valence electrons. The predicted octanol–water partition coefficient (Wildman–Crippen LogP) is 4.14. The van der Waals surface area contributed by atoms with Crippen LogP contribution in [0.5, 0.6) is 23.0 Å². The Kier molecular flexibility index (Phi) is 9.16. The molecule has 0 bridgehead atoms. The number of carbonyl (C=O) groups excluding carboxylic acids is 2. The fraction of sp³-hybridized carbons (Fsp3) is 0.364. The molecular weight excluding hydrogens is 580 g/mol. The number of ketones is 1. The second-order valence-corrected chi connectivity index (χ2v) is 12.1. The maximum absolute atomic E-state index is 13.5. The Morgan fingerprint density at radius 3 is 2.56 bits per heavy atom. The summed E-state index contributed by atoms with van der Waals surface area (Å²) in [5.41, 5.74) is 0.868. The number of anilines is 1. The molecule has 0 saturated heterocycles. The highest BCUT2D eigenvalue weighted by Crippen LogP contribution is 2.37. The molecule has 4 aromatic rings. The molecule has 1 aliphatic rings. The minimum Gasteiger partial charge on any atom is -0.493 e. The largest absolute Gasteiger partial charge is 0.493 e. The predicted molar refractivity (Wildman–Crippen MR) is 167 cm³/mol. The van der Waals surface area contributed by atoms with E-state index in [0.717, 1.165) is 0 Å². The minimum atomic E-state index is -1.04. The zero-order valence-corrected chi connectivity index (χ0v) is 25.6. The van der Waals surface area contributed by atoms with Crippen LogP contribution >= 0.6 is 0 Å². The van der Waals surface area contributed by atoms with E-state index in [1.165, 1.54) is 19.4 Å². The van der Waals surface area contributed by atoms with Gasteiger partial charge in [0.25, 0.3) is 11.5 Å². The molecular formula is C33H36N4O8. The van der Waals surface area contributed by atoms with Crippen molar-refractivity contribution < 1.29 is 34.0 Å². The van der Waals surface area contributed by atoms with Gasteiger partial charge in [-0.1, -0.05) is 20.8 Å². The summed E-state index contributed by atoms with van der Waals surface area (Å²) in [7, 11) is 1.48. The van der Waals surface area contributed by atoms with Gasteiger partial charge in [0.05, 0.1) is 25.4 Å². The number of amides is 1. The van der Waals surface area contributed by atoms with Crippen LogP contribution in [0.25, 0.3) is 10.9 Å². The number of hydrogen-bond acceptors (Lipinski definition) is 10. The first-order chi connectivity index (χ1) is 21.5. The van der Waals surface area contributed by atoms with Gasteiger partial charge in [0.2, 0.25) is 0 Å². The molecule has 0 radical (unpaired) electrons. The SMILES string of the molecule is COc1cc2c(Oc3ccc(NC(=O)c4cc5c(n(CC(C)(C)C)c4=O)CCCC5=O)nc3)ccnc2cc1OC[C@@H](O)CO. The molecule has 12 heteroatoms. The van der Waals surface area contributed by atoms with E-state index < -0.39 is 24.2 Å². The molecule has 1 amide bonds. The molecule has 3 N–H and O–H groups in total. The van der Waals surface area contributed by atoms with Crippen molar-refractivity contribution in [2.45, 2.75) is 52.7 Å². The highest BCUT2D eigenvalue weighted by Gasteiger charge is 2.27. The zero-order chi connectivity index (χ0) is 32.3. The first-order valence-electron chi connectivity index (χ1n) is 14.6. The topological polar surface area (TPSA) is 162 Å². The summed E-state index contributed by atoms with van der Waals surface area (Å²) in [5, 5.41) is 22.0. The number of aliphatic hydroxyl groups is 2. The third kappa shape index (κ3) is 7.13. The van der Waals surface area contributed by atoms with Crippen LogP contribution < -0.4 is 25.1 Å². The van der Waals surface area contributed by atoms with E-state index in [-0.39, 0.29) is 29.2 Å². The first kappa shape index (κ1) is 31.6. The van der Waals surface area contributed by atoms with Crippen LogP contribution in [0.4, 0.5) is 5.82 Å². The van der Waals surface area contributed by atoms with Crippen molar-refractivity contribution in [3.05, 3.63) is 76.0 Å². The molecule has 0 unspecified atom stereocenters. The molecule has 3 heterocycles. The molecule has 0 aliphatic heterocycles. The number of ether oxygens (including phenoxy) is 3. The lowest BCUT2D eigenvalue weighted by Gasteiger charge is -2.26. The van der Waals surface area contributed by atoms with Crippen LogP contribution in [0.1, 0.15) is 60.0 Å². The summed E-state index contributed by atoms with van der Waals surface area (Å²) in [6.07, 6.45) is 3.63. The Balaban J connectivity index is 1.36. The number of fused-ring (bicyclic) bond motifs is 2. The standard InChI is InChI=1S/C33H36N4O8/c1-33(2,3)18-37-25-6-5-7-26(40)22(25)12-23(32(37)42)31(41)36-30-9-8-20(15-35-30)45-27-10-11-34-24-14-29(44-17-19(39)16-38)28(43-4)13-21(24)27/h8-15,19,38-39H,5-7,16-18H2,1-4H3,(H,35,36,41)/t19-/m0/s1. The van der Waals surface area contributed by atoms with Gasteiger partial charge in [-0.25, -0.2) is 4.98 Å². The van der Waals surface area contributed by atoms with Gasteiger partial charge in [0.15, 0.2) is 17.3 Å². The summed E-state index contributed by atoms with van der Waals surface area (Å²) in [6.45, 7) is 5.82. The highest BCUT2D eigenvalue weighted by molar-refractivity contribution is 6.06. The van der Waals surface area contributed by atoms with Gasteiger partial charge >= 0.3 is 0 Å². The Labute approximate surface area is 259 Å². The smallest absolute Gasteiger partial charge is 0.263 e. The van der Waals surface area contributed by atoms with Crippen LogP contribution in [0, 0.1) is 5.41 Å². The van der Waals surface area contributed by atoms with E-state index in [1.807, 2.05) is 20.8 Å². The lowest BCUT2D eigenvalue weighted by molar-refractivity contribution is 0.0528. The number of benzene rings is 1. The Morgan fingerprint density at radius 2 is 1.87 bits per heavy atom. The quantitative estimate of drug-likeness (QED) is 0.236. The van der Waals surface area contributed by atoms with E-state index in [1.54, 1.807) is 41.1 Å². The number of aromatic nitrogens is 3. The van der Waals surface area contributed by atoms with Crippen molar-refractivity contribution in [2.24, 2.45) is 5.41 Å². The average molecular weight is 617 g/mol. The third-order valence-electron chi connectivity index (χ3n) is 7.23. The number of hydrogen-bond donors (Lipinski definition) is 3. The molecule has 12 nitrogen and oxygen atoms in total. The molecule has 0 spiro atoms. The van der Waals surface area contributed by atoms with Gasteiger partial charge in [-0.15, -0.1) is 0 Å². The number of pyridine rings is 3. The van der Waals surface area contributed by atoms with E-state index in [9.17, 15) is 19.5 Å². The fourth-order valence-corrected chi connectivity index (χ4v) is 5.12. The molecule has 5 rings (SSSR count). The fourth-order valence-electron chi connectivity index (χ4n) is 5.12. The molecule has 1 atom stereocenters. The molecule has 0 saturated carbocycles. The van der Waals surface area contributed by atoms with Crippen molar-refractivity contribution in [1.82, 2.24) is 14.5 Å². The molecule has 3 aromatic heterocycles. The average Bonchev–Trinajstić information content (AvgIpc) is 3.01. The van der Waals surface area contributed by atoms with Gasteiger partial charge in [0, 0.05) is 41.9 Å². The van der Waals surface area contributed by atoms with Crippen molar-refractivity contribution in [3.63, 3.8) is 0 Å². The van der Waals surface area contributed by atoms with E-state index in [4.69, 9.17) is 19.3 Å². The highest BCUT2D eigenvalue weighted by atomic mass is 16.5. The summed E-state index contributed by atoms with van der Waals surface area (Å²) in [6, 6.07) is 9.59. The zero-order valence-electron chi connectivity index (χ0n) is 25.6. The van der Waals surface area contributed by atoms with Crippen molar-refractivity contribution in [3.8, 4) is 23.0 Å². The van der Waals surface area contributed by atoms with Crippen LogP contribution in [0.15, 0.2) is 53.6 Å². The number of carbonyl (C=O) groups is 2. The van der Waals surface area contributed by atoms with Gasteiger partial charge < -0.3 is 34.3 Å². The number of nitrogens with one attached hydrogen (secondary N) is 1. The lowest BCUT2D eigenvalue weighted by Crippen LogP contribution is -2.37. The molecule has 0 fully saturated rings. The van der Waals surface area contributed by atoms with Gasteiger partial charge in [-0.3, -0.25) is 19.4 Å². The second-order valence-electron chi connectivity index (χ2n) is 12.1. The number of nitrogens with zero attached hydrogens (tertiary/aromatic N) is 3. The Hall–Kier alpha value is -4.81. The summed E-state index contributed by atoms with van der Waals surface area (Å²) < 4.78 is 18.7. The normalized spacial score (nSPS) is 13.7. The lowest BCUT2D eigenvalue weighted by atomic mass is 9.91. The van der Waals surface area contributed by atoms with Crippen LogP contribution in [0.2, 0.25) is 0 Å². The van der Waals surface area contributed by atoms with Crippen LogP contribution in [-0.4, -0.2) is 62.9 Å². The van der Waals surface area contributed by atoms with E-state index in [2.05, 4.69) is 15.3 Å². The Morgan fingerprint density at radius 1 is 1.07 bits per heavy atom. The molecule has 1 aliphatic carbocycles. The monoisotopic (exact) mass is 616 g/mol.